The van der Waals surface area contributed by atoms with Crippen LogP contribution in [0.15, 0.2) is 66.2 Å². The first-order valence-corrected chi connectivity index (χ1v) is 12.4. The summed E-state index contributed by atoms with van der Waals surface area (Å²) in [6, 6.07) is 16.0. The molecule has 0 bridgehead atoms. The maximum Gasteiger partial charge on any atom is 0.203 e. The summed E-state index contributed by atoms with van der Waals surface area (Å²) in [6.07, 6.45) is 1.47. The minimum atomic E-state index is -0.353. The first kappa shape index (κ1) is 26.7. The molecule has 3 aromatic carbocycles. The predicted octanol–water partition coefficient (Wildman–Crippen LogP) is 6.84. The molecule has 4 rings (SSSR count). The molecule has 1 heterocycles. The second kappa shape index (κ2) is 11.8. The molecule has 7 nitrogen and oxygen atoms in total. The number of hydrogen-bond acceptors (Lipinski definition) is 8. The van der Waals surface area contributed by atoms with E-state index in [4.69, 9.17) is 25.8 Å². The Morgan fingerprint density at radius 2 is 1.74 bits per heavy atom. The fraction of sp³-hybridized carbons (Fsp3) is 0.107. The van der Waals surface area contributed by atoms with Crippen molar-refractivity contribution in [2.24, 2.45) is 0 Å². The smallest absolute Gasteiger partial charge is 0.203 e. The summed E-state index contributed by atoms with van der Waals surface area (Å²) in [5.74, 6) is 0.333. The quantitative estimate of drug-likeness (QED) is 0.180. The van der Waals surface area contributed by atoms with Gasteiger partial charge in [-0.3, -0.25) is 4.79 Å². The zero-order valence-corrected chi connectivity index (χ0v) is 22.1. The van der Waals surface area contributed by atoms with E-state index in [1.165, 1.54) is 57.1 Å². The highest BCUT2D eigenvalue weighted by Gasteiger charge is 2.20. The number of ketones is 1. The molecule has 0 radical (unpaired) electrons. The van der Waals surface area contributed by atoms with Crippen molar-refractivity contribution in [1.82, 2.24) is 4.98 Å². The van der Waals surface area contributed by atoms with Gasteiger partial charge in [-0.05, 0) is 54.6 Å². The number of nitrogens with one attached hydrogen (secondary N) is 1. The van der Waals surface area contributed by atoms with Gasteiger partial charge in [-0.15, -0.1) is 11.3 Å². The van der Waals surface area contributed by atoms with Gasteiger partial charge < -0.3 is 19.5 Å². The van der Waals surface area contributed by atoms with Crippen LogP contribution in [0.25, 0.3) is 16.8 Å². The summed E-state index contributed by atoms with van der Waals surface area (Å²) in [4.78, 5) is 18.1. The number of anilines is 1. The molecule has 1 N–H and O–H groups in total. The Hall–Kier alpha value is -4.39. The molecule has 10 heteroatoms. The molecule has 0 fully saturated rings. The molecular formula is C28H21ClFN3O4S. The van der Waals surface area contributed by atoms with E-state index in [2.05, 4.69) is 16.4 Å². The normalized spacial score (nSPS) is 11.0. The van der Waals surface area contributed by atoms with E-state index in [0.29, 0.717) is 38.7 Å². The summed E-state index contributed by atoms with van der Waals surface area (Å²) < 4.78 is 29.3. The predicted molar refractivity (Wildman–Crippen MR) is 146 cm³/mol. The van der Waals surface area contributed by atoms with E-state index in [-0.39, 0.29) is 28.3 Å². The van der Waals surface area contributed by atoms with Crippen LogP contribution in [-0.2, 0) is 0 Å². The van der Waals surface area contributed by atoms with Gasteiger partial charge in [-0.2, -0.15) is 5.26 Å². The van der Waals surface area contributed by atoms with Crippen LogP contribution in [0, 0.1) is 17.1 Å². The first-order valence-electron chi connectivity index (χ1n) is 11.1. The van der Waals surface area contributed by atoms with Gasteiger partial charge in [0.1, 0.15) is 22.5 Å². The third-order valence-corrected chi connectivity index (χ3v) is 6.63. The summed E-state index contributed by atoms with van der Waals surface area (Å²) in [7, 11) is 4.41. The Morgan fingerprint density at radius 1 is 1.05 bits per heavy atom. The Balaban J connectivity index is 1.66. The number of thiazole rings is 1. The first-order chi connectivity index (χ1) is 18.4. The third-order valence-electron chi connectivity index (χ3n) is 5.52. The van der Waals surface area contributed by atoms with Crippen molar-refractivity contribution in [2.45, 2.75) is 0 Å². The number of hydrogen-bond donors (Lipinski definition) is 1. The zero-order valence-electron chi connectivity index (χ0n) is 20.5. The Labute approximate surface area is 227 Å². The number of rotatable bonds is 9. The fourth-order valence-electron chi connectivity index (χ4n) is 3.64. The van der Waals surface area contributed by atoms with Crippen molar-refractivity contribution >= 4 is 40.0 Å². The summed E-state index contributed by atoms with van der Waals surface area (Å²) in [6.45, 7) is 0. The molecule has 0 amide bonds. The molecule has 0 unspecified atom stereocenters. The SMILES string of the molecule is COc1cc(C(=O)c2cc(Cl)ccc2NC=C(C#N)c2nc(-c3ccc(F)cc3)cs2)cc(OC)c1OC. The number of ether oxygens (including phenoxy) is 3. The van der Waals surface area contributed by atoms with Gasteiger partial charge in [0.2, 0.25) is 5.75 Å². The van der Waals surface area contributed by atoms with Gasteiger partial charge >= 0.3 is 0 Å². The lowest BCUT2D eigenvalue weighted by Crippen LogP contribution is -2.07. The van der Waals surface area contributed by atoms with Crippen molar-refractivity contribution in [3.05, 3.63) is 93.2 Å². The van der Waals surface area contributed by atoms with E-state index in [1.54, 1.807) is 41.8 Å². The topological polar surface area (TPSA) is 93.5 Å². The van der Waals surface area contributed by atoms with Crippen molar-refractivity contribution in [3.8, 4) is 34.6 Å². The number of methoxy groups -OCH3 is 3. The highest BCUT2D eigenvalue weighted by Crippen LogP contribution is 2.39. The number of nitrogens with zero attached hydrogens (tertiary/aromatic N) is 2. The van der Waals surface area contributed by atoms with Crippen LogP contribution >= 0.6 is 22.9 Å². The Kier molecular flexibility index (Phi) is 8.26. The maximum atomic E-state index is 13.6. The van der Waals surface area contributed by atoms with E-state index >= 15 is 0 Å². The molecule has 0 aliphatic rings. The molecule has 0 saturated heterocycles. The van der Waals surface area contributed by atoms with Crippen LogP contribution in [-0.4, -0.2) is 32.1 Å². The monoisotopic (exact) mass is 549 g/mol. The number of aromatic nitrogens is 1. The summed E-state index contributed by atoms with van der Waals surface area (Å²) in [5.41, 5.74) is 2.59. The molecule has 0 aliphatic heterocycles. The van der Waals surface area contributed by atoms with Crippen molar-refractivity contribution in [2.75, 3.05) is 26.6 Å². The highest BCUT2D eigenvalue weighted by molar-refractivity contribution is 7.11. The van der Waals surface area contributed by atoms with Crippen LogP contribution in [0.3, 0.4) is 0 Å². The van der Waals surface area contributed by atoms with E-state index in [0.717, 1.165) is 5.56 Å². The highest BCUT2D eigenvalue weighted by atomic mass is 35.5. The second-order valence-electron chi connectivity index (χ2n) is 7.79. The minimum absolute atomic E-state index is 0.254. The van der Waals surface area contributed by atoms with Crippen molar-refractivity contribution in [1.29, 1.82) is 5.26 Å². The van der Waals surface area contributed by atoms with Gasteiger partial charge in [0.05, 0.1) is 27.0 Å². The average Bonchev–Trinajstić information content (AvgIpc) is 3.43. The van der Waals surface area contributed by atoms with Crippen LogP contribution in [0.1, 0.15) is 20.9 Å². The molecule has 1 aromatic heterocycles. The molecular weight excluding hydrogens is 529 g/mol. The maximum absolute atomic E-state index is 13.6. The van der Waals surface area contributed by atoms with Gasteiger partial charge in [0.15, 0.2) is 17.3 Å². The molecule has 0 aliphatic carbocycles. The number of carbonyl (C=O) groups is 1. The minimum Gasteiger partial charge on any atom is -0.493 e. The molecule has 0 atom stereocenters. The molecule has 0 saturated carbocycles. The fourth-order valence-corrected chi connectivity index (χ4v) is 4.61. The lowest BCUT2D eigenvalue weighted by molar-refractivity contribution is 0.103. The van der Waals surface area contributed by atoms with Gasteiger partial charge in [-0.1, -0.05) is 11.6 Å². The van der Waals surface area contributed by atoms with E-state index in [1.807, 2.05) is 0 Å². The lowest BCUT2D eigenvalue weighted by Gasteiger charge is -2.15. The summed E-state index contributed by atoms with van der Waals surface area (Å²) >= 11 is 7.50. The van der Waals surface area contributed by atoms with Gasteiger partial charge in [0.25, 0.3) is 0 Å². The number of allylic oxidation sites excluding steroid dienone is 1. The van der Waals surface area contributed by atoms with E-state index in [9.17, 15) is 14.4 Å². The molecule has 4 aromatic rings. The molecule has 38 heavy (non-hydrogen) atoms. The Morgan fingerprint density at radius 3 is 2.34 bits per heavy atom. The lowest BCUT2D eigenvalue weighted by atomic mass is 10.0. The second-order valence-corrected chi connectivity index (χ2v) is 9.09. The van der Waals surface area contributed by atoms with E-state index < -0.39 is 0 Å². The number of nitriles is 1. The molecule has 192 valence electrons. The number of halogens is 2. The average molecular weight is 550 g/mol. The van der Waals surface area contributed by atoms with Crippen LogP contribution < -0.4 is 19.5 Å². The van der Waals surface area contributed by atoms with Crippen molar-refractivity contribution in [3.63, 3.8) is 0 Å². The summed E-state index contributed by atoms with van der Waals surface area (Å²) in [5, 5.41) is 15.4. The molecule has 0 spiro atoms. The van der Waals surface area contributed by atoms with Gasteiger partial charge in [0, 0.05) is 39.0 Å². The standard InChI is InChI=1S/C28H21ClFN3O4S/c1-35-24-10-17(11-25(36-2)27(24)37-3)26(34)21-12-19(29)6-9-22(21)32-14-18(13-31)28-33-23(15-38-28)16-4-7-20(30)8-5-16/h4-12,14-15,32H,1-3H3. The largest absolute Gasteiger partial charge is 0.493 e. The number of carbonyl (C=O) groups excluding carboxylic acids is 1. The van der Waals surface area contributed by atoms with Gasteiger partial charge in [-0.25, -0.2) is 9.37 Å². The van der Waals surface area contributed by atoms with Crippen LogP contribution in [0.4, 0.5) is 10.1 Å². The van der Waals surface area contributed by atoms with Crippen LogP contribution in [0.5, 0.6) is 17.2 Å². The van der Waals surface area contributed by atoms with Crippen LogP contribution in [0.2, 0.25) is 5.02 Å². The number of benzene rings is 3. The third kappa shape index (κ3) is 5.62. The van der Waals surface area contributed by atoms with Crippen molar-refractivity contribution < 1.29 is 23.4 Å². The Bertz CT molecular complexity index is 1540. The zero-order chi connectivity index (χ0) is 27.2.